The molecule has 0 saturated carbocycles. The summed E-state index contributed by atoms with van der Waals surface area (Å²) in [5.41, 5.74) is 1.03. The minimum absolute atomic E-state index is 0.0102. The fraction of sp³-hybridized carbons (Fsp3) is 0. The van der Waals surface area contributed by atoms with Crippen molar-refractivity contribution in [3.8, 4) is 11.3 Å². The first-order valence-electron chi connectivity index (χ1n) is 4.32. The van der Waals surface area contributed by atoms with Crippen LogP contribution >= 0.6 is 27.5 Å². The van der Waals surface area contributed by atoms with Crippen LogP contribution in [0.15, 0.2) is 28.7 Å². The fourth-order valence-corrected chi connectivity index (χ4v) is 1.81. The van der Waals surface area contributed by atoms with Crippen molar-refractivity contribution in [1.82, 2.24) is 10.2 Å². The number of nitrogens with zero attached hydrogens (tertiary/aromatic N) is 1. The average molecular weight is 302 g/mol. The number of aromatic amines is 1. The molecule has 1 aromatic carbocycles. The molecule has 0 unspecified atom stereocenters. The number of benzene rings is 1. The zero-order valence-electron chi connectivity index (χ0n) is 7.87. The van der Waals surface area contributed by atoms with Crippen LogP contribution in [-0.4, -0.2) is 21.3 Å². The highest BCUT2D eigenvalue weighted by Gasteiger charge is 2.19. The van der Waals surface area contributed by atoms with Gasteiger partial charge in [0, 0.05) is 10.0 Å². The first-order chi connectivity index (χ1) is 7.59. The maximum Gasteiger partial charge on any atom is 0.341 e. The molecular weight excluding hydrogens is 295 g/mol. The summed E-state index contributed by atoms with van der Waals surface area (Å²) in [5.74, 6) is -1.10. The molecule has 0 spiro atoms. The summed E-state index contributed by atoms with van der Waals surface area (Å²) in [5, 5.41) is 15.4. The summed E-state index contributed by atoms with van der Waals surface area (Å²) in [7, 11) is 0. The number of hydrogen-bond acceptors (Lipinski definition) is 2. The molecule has 0 amide bonds. The molecule has 1 heterocycles. The van der Waals surface area contributed by atoms with E-state index in [1.165, 1.54) is 0 Å². The standard InChI is InChI=1S/C10H6BrClN2O2/c11-6-3-1-5(2-4-6)8-7(10(15)16)9(12)14-13-8/h1-4H,(H,13,14)(H,15,16). The first kappa shape index (κ1) is 11.2. The molecule has 1 aromatic heterocycles. The molecule has 16 heavy (non-hydrogen) atoms. The number of carbonyl (C=O) groups is 1. The number of nitrogens with one attached hydrogen (secondary N) is 1. The Hall–Kier alpha value is -1.33. The number of halogens is 2. The second-order valence-corrected chi connectivity index (χ2v) is 4.37. The minimum atomic E-state index is -1.10. The van der Waals surface area contributed by atoms with Gasteiger partial charge in [-0.25, -0.2) is 4.79 Å². The zero-order chi connectivity index (χ0) is 11.7. The maximum absolute atomic E-state index is 11.0. The van der Waals surface area contributed by atoms with Crippen LogP contribution in [0.3, 0.4) is 0 Å². The van der Waals surface area contributed by atoms with E-state index in [0.717, 1.165) is 4.47 Å². The maximum atomic E-state index is 11.0. The van der Waals surface area contributed by atoms with E-state index in [4.69, 9.17) is 16.7 Å². The van der Waals surface area contributed by atoms with E-state index in [9.17, 15) is 4.79 Å². The lowest BCUT2D eigenvalue weighted by Gasteiger charge is -1.99. The van der Waals surface area contributed by atoms with Gasteiger partial charge in [-0.05, 0) is 12.1 Å². The molecule has 0 fully saturated rings. The lowest BCUT2D eigenvalue weighted by molar-refractivity contribution is 0.0698. The molecule has 4 nitrogen and oxygen atoms in total. The molecule has 0 aliphatic carbocycles. The Balaban J connectivity index is 2.56. The molecule has 0 saturated heterocycles. The Morgan fingerprint density at radius 3 is 2.56 bits per heavy atom. The molecule has 0 aliphatic rings. The molecule has 0 atom stereocenters. The highest BCUT2D eigenvalue weighted by molar-refractivity contribution is 9.10. The normalized spacial score (nSPS) is 10.4. The summed E-state index contributed by atoms with van der Waals surface area (Å²) in [6.45, 7) is 0. The molecular formula is C10H6BrClN2O2. The van der Waals surface area contributed by atoms with E-state index in [1.807, 2.05) is 12.1 Å². The minimum Gasteiger partial charge on any atom is -0.478 e. The van der Waals surface area contributed by atoms with Crippen molar-refractivity contribution in [1.29, 1.82) is 0 Å². The summed E-state index contributed by atoms with van der Waals surface area (Å²) in [4.78, 5) is 11.0. The van der Waals surface area contributed by atoms with Gasteiger partial charge in [0.2, 0.25) is 0 Å². The molecule has 6 heteroatoms. The number of H-pyrrole nitrogens is 1. The van der Waals surface area contributed by atoms with Crippen LogP contribution in [-0.2, 0) is 0 Å². The van der Waals surface area contributed by atoms with Gasteiger partial charge in [-0.2, -0.15) is 5.10 Å². The van der Waals surface area contributed by atoms with E-state index >= 15 is 0 Å². The molecule has 2 aromatic rings. The molecule has 2 rings (SSSR count). The van der Waals surface area contributed by atoms with Crippen molar-refractivity contribution >= 4 is 33.5 Å². The Labute approximate surface area is 104 Å². The number of carboxylic acid groups (broad SMARTS) is 1. The van der Waals surface area contributed by atoms with Crippen LogP contribution in [0.5, 0.6) is 0 Å². The monoisotopic (exact) mass is 300 g/mol. The quantitative estimate of drug-likeness (QED) is 0.895. The fourth-order valence-electron chi connectivity index (χ4n) is 1.33. The topological polar surface area (TPSA) is 66.0 Å². The first-order valence-corrected chi connectivity index (χ1v) is 5.50. The van der Waals surface area contributed by atoms with Crippen molar-refractivity contribution < 1.29 is 9.90 Å². The van der Waals surface area contributed by atoms with Crippen LogP contribution in [0.1, 0.15) is 10.4 Å². The van der Waals surface area contributed by atoms with Gasteiger partial charge in [0.15, 0.2) is 0 Å². The van der Waals surface area contributed by atoms with E-state index in [-0.39, 0.29) is 10.7 Å². The number of aromatic nitrogens is 2. The van der Waals surface area contributed by atoms with E-state index < -0.39 is 5.97 Å². The Kier molecular flexibility index (Phi) is 2.98. The van der Waals surface area contributed by atoms with Gasteiger partial charge in [-0.1, -0.05) is 39.7 Å². The van der Waals surface area contributed by atoms with Crippen molar-refractivity contribution in [3.05, 3.63) is 39.5 Å². The average Bonchev–Trinajstić information content (AvgIpc) is 2.61. The van der Waals surface area contributed by atoms with Crippen LogP contribution in [0.4, 0.5) is 0 Å². The molecule has 82 valence electrons. The third kappa shape index (κ3) is 1.96. The third-order valence-electron chi connectivity index (χ3n) is 2.05. The van der Waals surface area contributed by atoms with Gasteiger partial charge in [0.25, 0.3) is 0 Å². The predicted molar refractivity (Wildman–Crippen MR) is 63.7 cm³/mol. The lowest BCUT2D eigenvalue weighted by atomic mass is 10.1. The highest BCUT2D eigenvalue weighted by atomic mass is 79.9. The molecule has 0 radical (unpaired) electrons. The van der Waals surface area contributed by atoms with Crippen LogP contribution in [0.2, 0.25) is 5.15 Å². The zero-order valence-corrected chi connectivity index (χ0v) is 10.2. The largest absolute Gasteiger partial charge is 0.478 e. The van der Waals surface area contributed by atoms with Crippen molar-refractivity contribution in [2.75, 3.05) is 0 Å². The van der Waals surface area contributed by atoms with Gasteiger partial charge < -0.3 is 5.11 Å². The predicted octanol–water partition coefficient (Wildman–Crippen LogP) is 3.19. The van der Waals surface area contributed by atoms with Gasteiger partial charge in [-0.15, -0.1) is 0 Å². The Bertz CT molecular complexity index is 536. The van der Waals surface area contributed by atoms with Crippen LogP contribution in [0, 0.1) is 0 Å². The SMILES string of the molecule is O=C(O)c1c(-c2ccc(Br)cc2)n[nH]c1Cl. The second-order valence-electron chi connectivity index (χ2n) is 3.07. The highest BCUT2D eigenvalue weighted by Crippen LogP contribution is 2.27. The van der Waals surface area contributed by atoms with Crippen LogP contribution < -0.4 is 0 Å². The summed E-state index contributed by atoms with van der Waals surface area (Å²) in [6.07, 6.45) is 0. The third-order valence-corrected chi connectivity index (χ3v) is 2.86. The summed E-state index contributed by atoms with van der Waals surface area (Å²) >= 11 is 9.01. The smallest absolute Gasteiger partial charge is 0.341 e. The Morgan fingerprint density at radius 2 is 2.00 bits per heavy atom. The van der Waals surface area contributed by atoms with Gasteiger partial charge in [-0.3, -0.25) is 5.10 Å². The second kappa shape index (κ2) is 4.27. The number of carboxylic acids is 1. The van der Waals surface area contributed by atoms with Crippen molar-refractivity contribution in [2.24, 2.45) is 0 Å². The van der Waals surface area contributed by atoms with E-state index in [0.29, 0.717) is 11.3 Å². The molecule has 0 aliphatic heterocycles. The molecule has 2 N–H and O–H groups in total. The lowest BCUT2D eigenvalue weighted by Crippen LogP contribution is -1.97. The van der Waals surface area contributed by atoms with Crippen molar-refractivity contribution in [2.45, 2.75) is 0 Å². The van der Waals surface area contributed by atoms with Crippen molar-refractivity contribution in [3.63, 3.8) is 0 Å². The Morgan fingerprint density at radius 1 is 1.38 bits per heavy atom. The van der Waals surface area contributed by atoms with E-state index in [1.54, 1.807) is 12.1 Å². The van der Waals surface area contributed by atoms with Gasteiger partial charge in [0.1, 0.15) is 16.4 Å². The number of hydrogen-bond donors (Lipinski definition) is 2. The number of aromatic carboxylic acids is 1. The summed E-state index contributed by atoms with van der Waals surface area (Å²) in [6, 6.07) is 7.15. The number of rotatable bonds is 2. The van der Waals surface area contributed by atoms with Crippen LogP contribution in [0.25, 0.3) is 11.3 Å². The van der Waals surface area contributed by atoms with E-state index in [2.05, 4.69) is 26.1 Å². The molecule has 0 bridgehead atoms. The summed E-state index contributed by atoms with van der Waals surface area (Å²) < 4.78 is 0.912. The van der Waals surface area contributed by atoms with Gasteiger partial charge >= 0.3 is 5.97 Å². The van der Waals surface area contributed by atoms with Gasteiger partial charge in [0.05, 0.1) is 0 Å².